The van der Waals surface area contributed by atoms with Gasteiger partial charge in [-0.15, -0.1) is 0 Å². The van der Waals surface area contributed by atoms with Crippen molar-refractivity contribution in [1.82, 2.24) is 4.90 Å². The van der Waals surface area contributed by atoms with Crippen molar-refractivity contribution in [3.05, 3.63) is 130 Å². The van der Waals surface area contributed by atoms with Crippen molar-refractivity contribution < 1.29 is 27.4 Å². The lowest BCUT2D eigenvalue weighted by Crippen LogP contribution is -2.34. The smallest absolute Gasteiger partial charge is 0.417 e. The highest BCUT2D eigenvalue weighted by Gasteiger charge is 2.34. The summed E-state index contributed by atoms with van der Waals surface area (Å²) in [5, 5.41) is -0.286. The maximum atomic E-state index is 13.7. The van der Waals surface area contributed by atoms with E-state index in [9.17, 15) is 18.0 Å². The number of anilines is 1. The van der Waals surface area contributed by atoms with E-state index in [1.54, 1.807) is 46.0 Å². The maximum Gasteiger partial charge on any atom is 0.417 e. The summed E-state index contributed by atoms with van der Waals surface area (Å²) in [7, 11) is 1.63. The molecule has 0 radical (unpaired) electrons. The lowest BCUT2D eigenvalue weighted by atomic mass is 9.90. The SMILES string of the molecule is CN(C(=O)OC(C)(C)C)c1ccccc1OCCCN(Cc1cccc(C(F)(F)F)c1Cl)CC(c1ccccc1)c1ccccc1. The van der Waals surface area contributed by atoms with E-state index in [-0.39, 0.29) is 17.5 Å². The molecular weight excluding hydrogens is 613 g/mol. The Labute approximate surface area is 274 Å². The Balaban J connectivity index is 1.55. The van der Waals surface area contributed by atoms with Crippen molar-refractivity contribution in [3.8, 4) is 5.75 Å². The summed E-state index contributed by atoms with van der Waals surface area (Å²) < 4.78 is 52.8. The van der Waals surface area contributed by atoms with Gasteiger partial charge in [-0.05, 0) is 62.1 Å². The minimum absolute atomic E-state index is 0.0314. The lowest BCUT2D eigenvalue weighted by Gasteiger charge is -2.29. The van der Waals surface area contributed by atoms with Gasteiger partial charge in [0.05, 0.1) is 22.9 Å². The summed E-state index contributed by atoms with van der Waals surface area (Å²) in [6, 6.07) is 31.4. The van der Waals surface area contributed by atoms with E-state index >= 15 is 0 Å². The molecular formula is C37H40ClF3N2O3. The number of hydrogen-bond donors (Lipinski definition) is 0. The number of hydrogen-bond acceptors (Lipinski definition) is 4. The fourth-order valence-corrected chi connectivity index (χ4v) is 5.48. The minimum Gasteiger partial charge on any atom is -0.491 e. The van der Waals surface area contributed by atoms with Crippen molar-refractivity contribution in [2.24, 2.45) is 0 Å². The second kappa shape index (κ2) is 15.5. The lowest BCUT2D eigenvalue weighted by molar-refractivity contribution is -0.137. The molecule has 4 aromatic carbocycles. The van der Waals surface area contributed by atoms with Crippen LogP contribution < -0.4 is 9.64 Å². The molecule has 0 bridgehead atoms. The van der Waals surface area contributed by atoms with Gasteiger partial charge in [0.1, 0.15) is 11.4 Å². The number of halogens is 4. The summed E-state index contributed by atoms with van der Waals surface area (Å²) in [6.07, 6.45) is -4.49. The van der Waals surface area contributed by atoms with Crippen LogP contribution in [0.4, 0.5) is 23.7 Å². The Morgan fingerprint density at radius 2 is 1.41 bits per heavy atom. The molecule has 0 saturated carbocycles. The van der Waals surface area contributed by atoms with Crippen molar-refractivity contribution >= 4 is 23.4 Å². The molecule has 0 heterocycles. The molecule has 0 atom stereocenters. The van der Waals surface area contributed by atoms with E-state index in [0.717, 1.165) is 17.2 Å². The Morgan fingerprint density at radius 1 is 0.826 bits per heavy atom. The van der Waals surface area contributed by atoms with Gasteiger partial charge in [-0.1, -0.05) is 96.5 Å². The van der Waals surface area contributed by atoms with Crippen LogP contribution in [0.3, 0.4) is 0 Å². The number of para-hydroxylation sites is 2. The van der Waals surface area contributed by atoms with Crippen LogP contribution in [0, 0.1) is 0 Å². The van der Waals surface area contributed by atoms with Crippen LogP contribution in [-0.4, -0.2) is 43.3 Å². The number of carbonyl (C=O) groups excluding carboxylic acids is 1. The molecule has 5 nitrogen and oxygen atoms in total. The van der Waals surface area contributed by atoms with Crippen molar-refractivity contribution in [3.63, 3.8) is 0 Å². The molecule has 0 aliphatic heterocycles. The molecule has 0 unspecified atom stereocenters. The molecule has 0 N–H and O–H groups in total. The monoisotopic (exact) mass is 652 g/mol. The van der Waals surface area contributed by atoms with Gasteiger partial charge < -0.3 is 9.47 Å². The zero-order chi connectivity index (χ0) is 33.3. The summed E-state index contributed by atoms with van der Waals surface area (Å²) in [4.78, 5) is 16.2. The number of alkyl halides is 3. The highest BCUT2D eigenvalue weighted by molar-refractivity contribution is 6.32. The van der Waals surface area contributed by atoms with Gasteiger partial charge in [-0.25, -0.2) is 4.79 Å². The van der Waals surface area contributed by atoms with Crippen molar-refractivity contribution in [2.75, 3.05) is 31.6 Å². The van der Waals surface area contributed by atoms with Crippen LogP contribution in [0.25, 0.3) is 0 Å². The zero-order valence-electron chi connectivity index (χ0n) is 26.6. The standard InChI is InChI=1S/C37H40ClF3N2O3/c1-36(2,3)46-35(44)42(4)32-21-11-12-22-33(32)45-24-14-23-43(25-29-19-13-20-31(34(29)38)37(39,40)41)26-30(27-15-7-5-8-16-27)28-17-9-6-10-18-28/h5-13,15-22,30H,14,23-26H2,1-4H3. The van der Waals surface area contributed by atoms with Crippen LogP contribution in [-0.2, 0) is 17.5 Å². The van der Waals surface area contributed by atoms with Gasteiger partial charge in [0.2, 0.25) is 0 Å². The predicted octanol–water partition coefficient (Wildman–Crippen LogP) is 9.83. The first-order valence-corrected chi connectivity index (χ1v) is 15.6. The molecule has 4 aromatic rings. The first-order valence-electron chi connectivity index (χ1n) is 15.2. The van der Waals surface area contributed by atoms with E-state index in [4.69, 9.17) is 21.1 Å². The van der Waals surface area contributed by atoms with Crippen molar-refractivity contribution in [1.29, 1.82) is 0 Å². The molecule has 244 valence electrons. The molecule has 0 aliphatic rings. The molecule has 0 saturated heterocycles. The molecule has 46 heavy (non-hydrogen) atoms. The van der Waals surface area contributed by atoms with Crippen LogP contribution in [0.1, 0.15) is 55.4 Å². The summed E-state index contributed by atoms with van der Waals surface area (Å²) >= 11 is 6.35. The van der Waals surface area contributed by atoms with E-state index in [0.29, 0.717) is 43.1 Å². The van der Waals surface area contributed by atoms with Crippen LogP contribution in [0.15, 0.2) is 103 Å². The Morgan fingerprint density at radius 3 is 2.00 bits per heavy atom. The van der Waals surface area contributed by atoms with Crippen LogP contribution in [0.5, 0.6) is 5.75 Å². The fraction of sp³-hybridized carbons (Fsp3) is 0.324. The minimum atomic E-state index is -4.55. The van der Waals surface area contributed by atoms with Gasteiger partial charge in [0, 0.05) is 32.6 Å². The number of amides is 1. The molecule has 4 rings (SSSR count). The molecule has 1 amide bonds. The second-order valence-electron chi connectivity index (χ2n) is 12.1. The third kappa shape index (κ3) is 9.74. The number of carbonyl (C=O) groups is 1. The topological polar surface area (TPSA) is 42.0 Å². The van der Waals surface area contributed by atoms with E-state index in [2.05, 4.69) is 29.2 Å². The molecule has 0 fully saturated rings. The van der Waals surface area contributed by atoms with Crippen molar-refractivity contribution in [2.45, 2.75) is 51.4 Å². The number of nitrogens with zero attached hydrogens (tertiary/aromatic N) is 2. The second-order valence-corrected chi connectivity index (χ2v) is 12.5. The third-order valence-electron chi connectivity index (χ3n) is 7.39. The number of rotatable bonds is 12. The first-order chi connectivity index (χ1) is 21.8. The molecule has 0 aliphatic carbocycles. The predicted molar refractivity (Wildman–Crippen MR) is 178 cm³/mol. The third-order valence-corrected chi connectivity index (χ3v) is 7.84. The average Bonchev–Trinajstić information content (AvgIpc) is 3.02. The van der Waals surface area contributed by atoms with E-state index < -0.39 is 23.4 Å². The Bertz CT molecular complexity index is 1520. The number of benzene rings is 4. The quantitative estimate of drug-likeness (QED) is 0.143. The highest BCUT2D eigenvalue weighted by atomic mass is 35.5. The fourth-order valence-electron chi connectivity index (χ4n) is 5.18. The summed E-state index contributed by atoms with van der Waals surface area (Å²) in [6.45, 7) is 7.01. The molecule has 0 aromatic heterocycles. The van der Waals surface area contributed by atoms with Gasteiger partial charge in [-0.2, -0.15) is 13.2 Å². The average molecular weight is 653 g/mol. The van der Waals surface area contributed by atoms with Gasteiger partial charge in [0.15, 0.2) is 0 Å². The summed E-state index contributed by atoms with van der Waals surface area (Å²) in [5.41, 5.74) is 1.68. The Hall–Kier alpha value is -4.01. The highest BCUT2D eigenvalue weighted by Crippen LogP contribution is 2.37. The van der Waals surface area contributed by atoms with E-state index in [1.165, 1.54) is 11.0 Å². The zero-order valence-corrected chi connectivity index (χ0v) is 27.3. The molecule has 9 heteroatoms. The van der Waals surface area contributed by atoms with Gasteiger partial charge >= 0.3 is 12.3 Å². The van der Waals surface area contributed by atoms with Crippen LogP contribution >= 0.6 is 11.6 Å². The summed E-state index contributed by atoms with van der Waals surface area (Å²) in [5.74, 6) is 0.492. The van der Waals surface area contributed by atoms with Crippen LogP contribution in [0.2, 0.25) is 5.02 Å². The van der Waals surface area contributed by atoms with Gasteiger partial charge in [0.25, 0.3) is 0 Å². The first kappa shape index (κ1) is 34.9. The largest absolute Gasteiger partial charge is 0.491 e. The maximum absolute atomic E-state index is 13.7. The normalized spacial score (nSPS) is 12.0. The van der Waals surface area contributed by atoms with E-state index in [1.807, 2.05) is 48.5 Å². The Kier molecular flexibility index (Phi) is 11.8. The molecule has 0 spiro atoms. The van der Waals surface area contributed by atoms with Gasteiger partial charge in [-0.3, -0.25) is 9.80 Å². The number of ether oxygens (including phenoxy) is 2.